The lowest BCUT2D eigenvalue weighted by molar-refractivity contribution is 0.908. The van der Waals surface area contributed by atoms with Crippen molar-refractivity contribution < 1.29 is 0 Å². The summed E-state index contributed by atoms with van der Waals surface area (Å²) in [5, 5.41) is 9.98. The van der Waals surface area contributed by atoms with E-state index in [4.69, 9.17) is 5.41 Å². The Labute approximate surface area is 49.1 Å². The quantitative estimate of drug-likeness (QED) is 0.483. The summed E-state index contributed by atoms with van der Waals surface area (Å²) in [7, 11) is 0. The number of rotatable bonds is 0. The molecule has 0 aliphatic carbocycles. The van der Waals surface area contributed by atoms with Crippen LogP contribution in [0.4, 0.5) is 0 Å². The van der Waals surface area contributed by atoms with Gasteiger partial charge in [-0.3, -0.25) is 5.41 Å². The van der Waals surface area contributed by atoms with E-state index in [9.17, 15) is 0 Å². The summed E-state index contributed by atoms with van der Waals surface area (Å²) in [6, 6.07) is 0. The maximum Gasteiger partial charge on any atom is 0.0974 e. The number of hydrogen-bond acceptors (Lipinski definition) is 1. The van der Waals surface area contributed by atoms with Crippen LogP contribution in [-0.2, 0) is 0 Å². The monoisotopic (exact) mass is 110 g/mol. The number of allylic oxidation sites excluding steroid dienone is 1. The van der Waals surface area contributed by atoms with Crippen molar-refractivity contribution in [1.82, 2.24) is 5.32 Å². The van der Waals surface area contributed by atoms with Gasteiger partial charge in [0.15, 0.2) is 0 Å². The van der Waals surface area contributed by atoms with Gasteiger partial charge >= 0.3 is 0 Å². The second-order valence-electron chi connectivity index (χ2n) is 2.11. The van der Waals surface area contributed by atoms with Gasteiger partial charge in [-0.1, -0.05) is 5.57 Å². The Hall–Kier alpha value is -0.790. The molecule has 0 fully saturated rings. The molecule has 0 aromatic rings. The van der Waals surface area contributed by atoms with Crippen molar-refractivity contribution in [2.24, 2.45) is 0 Å². The summed E-state index contributed by atoms with van der Waals surface area (Å²) < 4.78 is 0. The maximum atomic E-state index is 7.12. The first-order valence-electron chi connectivity index (χ1n) is 2.78. The first kappa shape index (κ1) is 5.35. The molecule has 0 radical (unpaired) electrons. The van der Waals surface area contributed by atoms with E-state index in [1.54, 1.807) is 0 Å². The summed E-state index contributed by atoms with van der Waals surface area (Å²) in [6.45, 7) is 2.07. The van der Waals surface area contributed by atoms with Gasteiger partial charge < -0.3 is 5.32 Å². The fraction of sp³-hybridized carbons (Fsp3) is 0.500. The van der Waals surface area contributed by atoms with Crippen LogP contribution in [-0.4, -0.2) is 5.84 Å². The topological polar surface area (TPSA) is 35.9 Å². The molecule has 0 unspecified atom stereocenters. The molecule has 8 heavy (non-hydrogen) atoms. The summed E-state index contributed by atoms with van der Waals surface area (Å²) >= 11 is 0. The van der Waals surface area contributed by atoms with Crippen molar-refractivity contribution in [2.45, 2.75) is 19.8 Å². The van der Waals surface area contributed by atoms with Gasteiger partial charge in [-0.05, 0) is 13.3 Å². The molecule has 2 heteroatoms. The van der Waals surface area contributed by atoms with Crippen LogP contribution in [0, 0.1) is 5.41 Å². The Morgan fingerprint density at radius 1 is 1.62 bits per heavy atom. The minimum atomic E-state index is 0.635. The minimum Gasteiger partial charge on any atom is -0.351 e. The molecule has 44 valence electrons. The van der Waals surface area contributed by atoms with Gasteiger partial charge in [0, 0.05) is 12.6 Å². The third-order valence-electron chi connectivity index (χ3n) is 1.26. The molecule has 0 aromatic carbocycles. The van der Waals surface area contributed by atoms with Gasteiger partial charge in [0.1, 0.15) is 0 Å². The highest BCUT2D eigenvalue weighted by molar-refractivity contribution is 5.81. The Balaban J connectivity index is 2.55. The smallest absolute Gasteiger partial charge is 0.0974 e. The largest absolute Gasteiger partial charge is 0.351 e. The van der Waals surface area contributed by atoms with E-state index >= 15 is 0 Å². The molecule has 0 saturated heterocycles. The number of amidine groups is 1. The SMILES string of the molecule is CC1=CNC(=N)CC1. The average Bonchev–Trinajstić information content (AvgIpc) is 1.77. The molecule has 0 atom stereocenters. The van der Waals surface area contributed by atoms with Crippen molar-refractivity contribution >= 4 is 5.84 Å². The maximum absolute atomic E-state index is 7.12. The van der Waals surface area contributed by atoms with Gasteiger partial charge in [0.05, 0.1) is 5.84 Å². The summed E-state index contributed by atoms with van der Waals surface area (Å²) in [4.78, 5) is 0. The third kappa shape index (κ3) is 1.09. The highest BCUT2D eigenvalue weighted by atomic mass is 14.9. The predicted molar refractivity (Wildman–Crippen MR) is 33.9 cm³/mol. The molecular weight excluding hydrogens is 100 g/mol. The van der Waals surface area contributed by atoms with E-state index in [1.165, 1.54) is 5.57 Å². The van der Waals surface area contributed by atoms with E-state index in [0.717, 1.165) is 12.8 Å². The minimum absolute atomic E-state index is 0.635. The van der Waals surface area contributed by atoms with Gasteiger partial charge in [0.2, 0.25) is 0 Å². The molecule has 0 aromatic heterocycles. The molecule has 1 aliphatic heterocycles. The van der Waals surface area contributed by atoms with E-state index in [2.05, 4.69) is 12.2 Å². The van der Waals surface area contributed by atoms with Gasteiger partial charge in [0.25, 0.3) is 0 Å². The first-order valence-corrected chi connectivity index (χ1v) is 2.78. The summed E-state index contributed by atoms with van der Waals surface area (Å²) in [5.74, 6) is 0.635. The normalized spacial score (nSPS) is 19.6. The van der Waals surface area contributed by atoms with Crippen LogP contribution in [0.25, 0.3) is 0 Å². The third-order valence-corrected chi connectivity index (χ3v) is 1.26. The lowest BCUT2D eigenvalue weighted by Gasteiger charge is -2.10. The van der Waals surface area contributed by atoms with Crippen LogP contribution >= 0.6 is 0 Å². The molecule has 1 rings (SSSR count). The van der Waals surface area contributed by atoms with Crippen LogP contribution in [0.3, 0.4) is 0 Å². The Morgan fingerprint density at radius 2 is 2.38 bits per heavy atom. The first-order chi connectivity index (χ1) is 3.79. The molecule has 0 amide bonds. The van der Waals surface area contributed by atoms with Crippen molar-refractivity contribution in [3.63, 3.8) is 0 Å². The molecule has 1 aliphatic rings. The average molecular weight is 110 g/mol. The fourth-order valence-corrected chi connectivity index (χ4v) is 0.677. The van der Waals surface area contributed by atoms with Crippen LogP contribution in [0.1, 0.15) is 19.8 Å². The molecule has 1 heterocycles. The summed E-state index contributed by atoms with van der Waals surface area (Å²) in [6.07, 6.45) is 3.82. The number of nitrogens with one attached hydrogen (secondary N) is 2. The van der Waals surface area contributed by atoms with Crippen LogP contribution < -0.4 is 5.32 Å². The van der Waals surface area contributed by atoms with E-state index in [1.807, 2.05) is 6.20 Å². The highest BCUT2D eigenvalue weighted by Crippen LogP contribution is 2.06. The molecule has 2 N–H and O–H groups in total. The fourth-order valence-electron chi connectivity index (χ4n) is 0.677. The molecule has 0 bridgehead atoms. The molecule has 0 spiro atoms. The van der Waals surface area contributed by atoms with Crippen molar-refractivity contribution in [3.8, 4) is 0 Å². The Bertz CT molecular complexity index is 135. The Kier molecular flexibility index (Phi) is 1.33. The zero-order valence-electron chi connectivity index (χ0n) is 4.99. The zero-order chi connectivity index (χ0) is 5.98. The lowest BCUT2D eigenvalue weighted by atomic mass is 10.1. The zero-order valence-corrected chi connectivity index (χ0v) is 4.99. The van der Waals surface area contributed by atoms with Gasteiger partial charge in [-0.2, -0.15) is 0 Å². The van der Waals surface area contributed by atoms with E-state index < -0.39 is 0 Å². The van der Waals surface area contributed by atoms with Crippen molar-refractivity contribution in [1.29, 1.82) is 5.41 Å². The van der Waals surface area contributed by atoms with Crippen LogP contribution in [0.15, 0.2) is 11.8 Å². The van der Waals surface area contributed by atoms with Gasteiger partial charge in [-0.15, -0.1) is 0 Å². The summed E-state index contributed by atoms with van der Waals surface area (Å²) in [5.41, 5.74) is 1.33. The number of hydrogen-bond donors (Lipinski definition) is 2. The Morgan fingerprint density at radius 3 is 2.75 bits per heavy atom. The molecular formula is C6H10N2. The van der Waals surface area contributed by atoms with E-state index in [-0.39, 0.29) is 0 Å². The van der Waals surface area contributed by atoms with Crippen LogP contribution in [0.2, 0.25) is 0 Å². The lowest BCUT2D eigenvalue weighted by Crippen LogP contribution is -2.19. The molecule has 2 nitrogen and oxygen atoms in total. The second kappa shape index (κ2) is 1.99. The second-order valence-corrected chi connectivity index (χ2v) is 2.11. The van der Waals surface area contributed by atoms with Crippen LogP contribution in [0.5, 0.6) is 0 Å². The standard InChI is InChI=1S/C6H10N2/c1-5-2-3-6(7)8-4-5/h4H,2-3H2,1H3,(H2,7,8). The molecule has 0 saturated carbocycles. The van der Waals surface area contributed by atoms with Gasteiger partial charge in [-0.25, -0.2) is 0 Å². The van der Waals surface area contributed by atoms with E-state index in [0.29, 0.717) is 5.84 Å². The van der Waals surface area contributed by atoms with Crippen molar-refractivity contribution in [2.75, 3.05) is 0 Å². The highest BCUT2D eigenvalue weighted by Gasteiger charge is 2.00. The predicted octanol–water partition coefficient (Wildman–Crippen LogP) is 1.25. The van der Waals surface area contributed by atoms with Crippen molar-refractivity contribution in [3.05, 3.63) is 11.8 Å².